The van der Waals surface area contributed by atoms with Crippen LogP contribution in [-0.4, -0.2) is 6.21 Å². The lowest BCUT2D eigenvalue weighted by Gasteiger charge is -2.10. The fourth-order valence-electron chi connectivity index (χ4n) is 1.21. The number of rotatable bonds is 0. The molecular formula is C10H7N3. The molecule has 1 aliphatic rings. The van der Waals surface area contributed by atoms with Crippen molar-refractivity contribution >= 4 is 11.9 Å². The molecule has 0 N–H and O–H groups in total. The second kappa shape index (κ2) is 3.11. The molecule has 13 heavy (non-hydrogen) atoms. The Labute approximate surface area is 76.2 Å². The lowest BCUT2D eigenvalue weighted by Crippen LogP contribution is -2.07. The largest absolute Gasteiger partial charge is 0.262 e. The van der Waals surface area contributed by atoms with Gasteiger partial charge in [0, 0.05) is 24.2 Å². The van der Waals surface area contributed by atoms with Gasteiger partial charge in [-0.2, -0.15) is 5.26 Å². The van der Waals surface area contributed by atoms with Gasteiger partial charge in [-0.3, -0.25) is 9.89 Å². The number of benzene rings is 1. The van der Waals surface area contributed by atoms with Gasteiger partial charge < -0.3 is 0 Å². The highest BCUT2D eigenvalue weighted by molar-refractivity contribution is 5.90. The summed E-state index contributed by atoms with van der Waals surface area (Å²) in [4.78, 5) is 5.50. The van der Waals surface area contributed by atoms with Crippen molar-refractivity contribution in [1.82, 2.24) is 0 Å². The van der Waals surface area contributed by atoms with E-state index in [1.54, 1.807) is 18.6 Å². The number of anilines is 1. The van der Waals surface area contributed by atoms with Gasteiger partial charge in [0.2, 0.25) is 0 Å². The van der Waals surface area contributed by atoms with Gasteiger partial charge in [-0.25, -0.2) is 0 Å². The van der Waals surface area contributed by atoms with E-state index in [0.29, 0.717) is 0 Å². The van der Waals surface area contributed by atoms with Crippen molar-refractivity contribution in [2.45, 2.75) is 0 Å². The van der Waals surface area contributed by atoms with E-state index >= 15 is 0 Å². The maximum Gasteiger partial charge on any atom is 0.188 e. The van der Waals surface area contributed by atoms with Crippen LogP contribution >= 0.6 is 0 Å². The minimum absolute atomic E-state index is 0.863. The molecule has 2 rings (SSSR count). The summed E-state index contributed by atoms with van der Waals surface area (Å²) in [5.74, 6) is 0. The molecule has 0 aromatic heterocycles. The molecule has 1 aromatic carbocycles. The number of hydrogen-bond donors (Lipinski definition) is 0. The Balaban J connectivity index is 2.58. The number of aliphatic imine (C=N–C) groups is 1. The van der Waals surface area contributed by atoms with E-state index in [-0.39, 0.29) is 0 Å². The smallest absolute Gasteiger partial charge is 0.188 e. The first kappa shape index (κ1) is 7.56. The van der Waals surface area contributed by atoms with Crippen LogP contribution in [-0.2, 0) is 0 Å². The quantitative estimate of drug-likeness (QED) is 0.556. The highest BCUT2D eigenvalue weighted by atomic mass is 15.1. The number of para-hydroxylation sites is 1. The van der Waals surface area contributed by atoms with Gasteiger partial charge in [-0.15, -0.1) is 0 Å². The van der Waals surface area contributed by atoms with Crippen LogP contribution in [0.2, 0.25) is 0 Å². The van der Waals surface area contributed by atoms with Crippen LogP contribution in [0.4, 0.5) is 5.69 Å². The summed E-state index contributed by atoms with van der Waals surface area (Å²) in [6, 6.07) is 7.64. The third-order valence-electron chi connectivity index (χ3n) is 1.82. The molecule has 0 spiro atoms. The molecule has 0 bridgehead atoms. The third kappa shape index (κ3) is 1.30. The molecule has 0 atom stereocenters. The minimum atomic E-state index is 0.863. The van der Waals surface area contributed by atoms with Gasteiger partial charge in [-0.1, -0.05) is 18.2 Å². The SMILES string of the molecule is N#CN1C=CN=Cc2ccccc21. The molecule has 0 saturated carbocycles. The Morgan fingerprint density at radius 1 is 1.31 bits per heavy atom. The number of hydrogen-bond acceptors (Lipinski definition) is 3. The number of fused-ring (bicyclic) bond motifs is 1. The van der Waals surface area contributed by atoms with E-state index < -0.39 is 0 Å². The highest BCUT2D eigenvalue weighted by Crippen LogP contribution is 2.19. The normalized spacial score (nSPS) is 13.3. The monoisotopic (exact) mass is 169 g/mol. The molecule has 0 amide bonds. The Kier molecular flexibility index (Phi) is 1.81. The molecule has 0 radical (unpaired) electrons. The van der Waals surface area contributed by atoms with Crippen molar-refractivity contribution in [3.63, 3.8) is 0 Å². The molecule has 3 heteroatoms. The van der Waals surface area contributed by atoms with Crippen LogP contribution in [0.3, 0.4) is 0 Å². The van der Waals surface area contributed by atoms with E-state index in [9.17, 15) is 0 Å². The highest BCUT2D eigenvalue weighted by Gasteiger charge is 2.07. The molecule has 1 aromatic rings. The molecule has 0 unspecified atom stereocenters. The predicted octanol–water partition coefficient (Wildman–Crippen LogP) is 1.88. The van der Waals surface area contributed by atoms with Crippen molar-refractivity contribution in [2.75, 3.05) is 4.90 Å². The van der Waals surface area contributed by atoms with Crippen LogP contribution in [0.15, 0.2) is 41.7 Å². The Bertz CT molecular complexity index is 412. The maximum absolute atomic E-state index is 8.83. The Morgan fingerprint density at radius 3 is 3.00 bits per heavy atom. The number of nitriles is 1. The van der Waals surface area contributed by atoms with Gasteiger partial charge in [0.15, 0.2) is 6.19 Å². The topological polar surface area (TPSA) is 39.4 Å². The van der Waals surface area contributed by atoms with Crippen molar-refractivity contribution in [3.05, 3.63) is 42.2 Å². The van der Waals surface area contributed by atoms with Gasteiger partial charge in [0.05, 0.1) is 5.69 Å². The Hall–Kier alpha value is -2.08. The van der Waals surface area contributed by atoms with Gasteiger partial charge >= 0.3 is 0 Å². The summed E-state index contributed by atoms with van der Waals surface area (Å²) in [7, 11) is 0. The minimum Gasteiger partial charge on any atom is -0.262 e. The van der Waals surface area contributed by atoms with E-state index in [1.165, 1.54) is 4.90 Å². The summed E-state index contributed by atoms with van der Waals surface area (Å²) < 4.78 is 0. The third-order valence-corrected chi connectivity index (χ3v) is 1.82. The van der Waals surface area contributed by atoms with Gasteiger partial charge in [-0.05, 0) is 6.07 Å². The second-order valence-electron chi connectivity index (χ2n) is 2.61. The summed E-state index contributed by atoms with van der Waals surface area (Å²) in [5, 5.41) is 8.83. The molecule has 0 fully saturated rings. The summed E-state index contributed by atoms with van der Waals surface area (Å²) in [6.07, 6.45) is 7.05. The molecular weight excluding hydrogens is 162 g/mol. The van der Waals surface area contributed by atoms with E-state index in [1.807, 2.05) is 24.3 Å². The van der Waals surface area contributed by atoms with Crippen LogP contribution in [0, 0.1) is 11.5 Å². The summed E-state index contributed by atoms with van der Waals surface area (Å²) in [6.45, 7) is 0. The molecule has 0 saturated heterocycles. The van der Waals surface area contributed by atoms with E-state index in [4.69, 9.17) is 5.26 Å². The lowest BCUT2D eigenvalue weighted by atomic mass is 10.2. The molecule has 1 heterocycles. The first-order chi connectivity index (χ1) is 6.42. The maximum atomic E-state index is 8.83. The average molecular weight is 169 g/mol. The fraction of sp³-hybridized carbons (Fsp3) is 0. The molecule has 0 aliphatic carbocycles. The number of nitrogens with zero attached hydrogens (tertiary/aromatic N) is 3. The second-order valence-corrected chi connectivity index (χ2v) is 2.61. The van der Waals surface area contributed by atoms with E-state index in [2.05, 4.69) is 11.2 Å². The van der Waals surface area contributed by atoms with Gasteiger partial charge in [0.25, 0.3) is 0 Å². The van der Waals surface area contributed by atoms with Crippen molar-refractivity contribution < 1.29 is 0 Å². The van der Waals surface area contributed by atoms with Crippen molar-refractivity contribution in [1.29, 1.82) is 5.26 Å². The zero-order valence-corrected chi connectivity index (χ0v) is 6.88. The summed E-state index contributed by atoms with van der Waals surface area (Å²) in [5.41, 5.74) is 1.82. The van der Waals surface area contributed by atoms with Crippen LogP contribution in [0.5, 0.6) is 0 Å². The average Bonchev–Trinajstić information content (AvgIpc) is 2.39. The molecule has 3 nitrogen and oxygen atoms in total. The van der Waals surface area contributed by atoms with Crippen LogP contribution in [0.1, 0.15) is 5.56 Å². The zero-order valence-electron chi connectivity index (χ0n) is 6.88. The molecule has 62 valence electrons. The summed E-state index contributed by atoms with van der Waals surface area (Å²) >= 11 is 0. The van der Waals surface area contributed by atoms with Crippen LogP contribution in [0.25, 0.3) is 0 Å². The van der Waals surface area contributed by atoms with E-state index in [0.717, 1.165) is 11.3 Å². The Morgan fingerprint density at radius 2 is 2.15 bits per heavy atom. The zero-order chi connectivity index (χ0) is 9.10. The predicted molar refractivity (Wildman–Crippen MR) is 51.3 cm³/mol. The first-order valence-electron chi connectivity index (χ1n) is 3.89. The van der Waals surface area contributed by atoms with Crippen molar-refractivity contribution in [2.24, 2.45) is 4.99 Å². The standard InChI is InChI=1S/C10H7N3/c11-8-13-6-5-12-7-9-3-1-2-4-10(9)13/h1-7H. The lowest BCUT2D eigenvalue weighted by molar-refractivity contribution is 1.27. The van der Waals surface area contributed by atoms with Gasteiger partial charge in [0.1, 0.15) is 0 Å². The fourth-order valence-corrected chi connectivity index (χ4v) is 1.21. The molecule has 1 aliphatic heterocycles. The van der Waals surface area contributed by atoms with Crippen LogP contribution < -0.4 is 4.90 Å². The van der Waals surface area contributed by atoms with Crippen molar-refractivity contribution in [3.8, 4) is 6.19 Å². The first-order valence-corrected chi connectivity index (χ1v) is 3.89.